The Balaban J connectivity index is 1.38. The zero-order valence-corrected chi connectivity index (χ0v) is 16.2. The van der Waals surface area contributed by atoms with E-state index in [0.29, 0.717) is 38.2 Å². The minimum atomic E-state index is -0.434. The molecule has 3 heterocycles. The first-order chi connectivity index (χ1) is 13.6. The van der Waals surface area contributed by atoms with E-state index in [4.69, 9.17) is 0 Å². The number of rotatable bonds is 5. The van der Waals surface area contributed by atoms with Crippen molar-refractivity contribution in [2.24, 2.45) is 0 Å². The molecule has 28 heavy (non-hydrogen) atoms. The predicted molar refractivity (Wildman–Crippen MR) is 109 cm³/mol. The van der Waals surface area contributed by atoms with E-state index < -0.39 is 6.04 Å². The molecule has 4 rings (SSSR count). The van der Waals surface area contributed by atoms with Gasteiger partial charge in [0.15, 0.2) is 0 Å². The molecular formula is C20H22N4O3S. The highest BCUT2D eigenvalue weighted by Crippen LogP contribution is 2.23. The highest BCUT2D eigenvalue weighted by atomic mass is 32.1. The molecule has 0 aliphatic carbocycles. The summed E-state index contributed by atoms with van der Waals surface area (Å²) in [5.74, 6) is -0.167. The molecule has 1 aromatic heterocycles. The van der Waals surface area contributed by atoms with Crippen LogP contribution in [-0.4, -0.2) is 48.4 Å². The summed E-state index contributed by atoms with van der Waals surface area (Å²) in [6.45, 7) is 1.88. The highest BCUT2D eigenvalue weighted by Gasteiger charge is 2.34. The summed E-state index contributed by atoms with van der Waals surface area (Å²) in [6, 6.07) is 10.5. The van der Waals surface area contributed by atoms with Crippen molar-refractivity contribution in [3.05, 3.63) is 46.7 Å². The van der Waals surface area contributed by atoms with Gasteiger partial charge in [-0.05, 0) is 48.6 Å². The summed E-state index contributed by atoms with van der Waals surface area (Å²) in [5, 5.41) is 7.62. The Hall–Kier alpha value is -2.87. The summed E-state index contributed by atoms with van der Waals surface area (Å²) in [7, 11) is 0. The van der Waals surface area contributed by atoms with Crippen LogP contribution >= 0.6 is 11.3 Å². The number of hydrogen-bond donors (Lipinski definition) is 2. The Kier molecular flexibility index (Phi) is 5.29. The van der Waals surface area contributed by atoms with Crippen LogP contribution in [0.1, 0.15) is 17.7 Å². The third-order valence-electron chi connectivity index (χ3n) is 5.08. The zero-order chi connectivity index (χ0) is 19.5. The van der Waals surface area contributed by atoms with Crippen molar-refractivity contribution >= 4 is 40.6 Å². The van der Waals surface area contributed by atoms with Gasteiger partial charge in [0.1, 0.15) is 6.04 Å². The Morgan fingerprint density at radius 2 is 2.00 bits per heavy atom. The SMILES string of the molecule is O=C(Nc1ccc(N2CCNC2=O)cc1)C1CCCN1C(=O)Cc1cccs1. The van der Waals surface area contributed by atoms with Crippen molar-refractivity contribution in [3.63, 3.8) is 0 Å². The Morgan fingerprint density at radius 3 is 2.68 bits per heavy atom. The van der Waals surface area contributed by atoms with Crippen molar-refractivity contribution in [2.45, 2.75) is 25.3 Å². The summed E-state index contributed by atoms with van der Waals surface area (Å²) >= 11 is 1.55. The third kappa shape index (κ3) is 3.87. The summed E-state index contributed by atoms with van der Waals surface area (Å²) < 4.78 is 0. The number of likely N-dealkylation sites (tertiary alicyclic amines) is 1. The summed E-state index contributed by atoms with van der Waals surface area (Å²) in [6.07, 6.45) is 1.85. The van der Waals surface area contributed by atoms with Crippen LogP contribution in [0, 0.1) is 0 Å². The lowest BCUT2D eigenvalue weighted by atomic mass is 10.2. The molecule has 2 aromatic rings. The van der Waals surface area contributed by atoms with E-state index in [1.807, 2.05) is 29.6 Å². The van der Waals surface area contributed by atoms with Crippen molar-refractivity contribution in [2.75, 3.05) is 29.9 Å². The van der Waals surface area contributed by atoms with Crippen LogP contribution in [0.3, 0.4) is 0 Å². The maximum Gasteiger partial charge on any atom is 0.321 e. The number of hydrogen-bond acceptors (Lipinski definition) is 4. The van der Waals surface area contributed by atoms with Crippen LogP contribution in [0.25, 0.3) is 0 Å². The molecule has 4 amide bonds. The molecule has 2 N–H and O–H groups in total. The largest absolute Gasteiger partial charge is 0.336 e. The lowest BCUT2D eigenvalue weighted by Crippen LogP contribution is -2.43. The molecule has 2 saturated heterocycles. The Bertz CT molecular complexity index is 866. The summed E-state index contributed by atoms with van der Waals surface area (Å²) in [5.41, 5.74) is 1.45. The maximum atomic E-state index is 12.7. The molecule has 0 saturated carbocycles. The van der Waals surface area contributed by atoms with Crippen LogP contribution in [0.5, 0.6) is 0 Å². The molecule has 0 radical (unpaired) electrons. The average molecular weight is 398 g/mol. The van der Waals surface area contributed by atoms with Gasteiger partial charge in [0.05, 0.1) is 6.42 Å². The van der Waals surface area contributed by atoms with E-state index in [9.17, 15) is 14.4 Å². The van der Waals surface area contributed by atoms with Crippen LogP contribution < -0.4 is 15.5 Å². The first kappa shape index (κ1) is 18.5. The number of carbonyl (C=O) groups excluding carboxylic acids is 3. The van der Waals surface area contributed by atoms with Gasteiger partial charge in [-0.15, -0.1) is 11.3 Å². The number of nitrogens with zero attached hydrogens (tertiary/aromatic N) is 2. The predicted octanol–water partition coefficient (Wildman–Crippen LogP) is 2.45. The molecule has 7 nitrogen and oxygen atoms in total. The normalized spacial score (nSPS) is 19.0. The number of urea groups is 1. The Labute approximate surface area is 167 Å². The number of thiophene rings is 1. The molecule has 2 aliphatic rings. The fourth-order valence-electron chi connectivity index (χ4n) is 3.67. The van der Waals surface area contributed by atoms with Crippen LogP contribution in [-0.2, 0) is 16.0 Å². The fourth-order valence-corrected chi connectivity index (χ4v) is 4.37. The van der Waals surface area contributed by atoms with Crippen molar-refractivity contribution in [1.82, 2.24) is 10.2 Å². The average Bonchev–Trinajstić information content (AvgIpc) is 3.44. The van der Waals surface area contributed by atoms with Gasteiger partial charge in [0, 0.05) is 35.9 Å². The number of anilines is 2. The van der Waals surface area contributed by atoms with E-state index in [2.05, 4.69) is 10.6 Å². The van der Waals surface area contributed by atoms with E-state index >= 15 is 0 Å². The van der Waals surface area contributed by atoms with Crippen LogP contribution in [0.2, 0.25) is 0 Å². The van der Waals surface area contributed by atoms with Gasteiger partial charge in [-0.25, -0.2) is 4.79 Å². The topological polar surface area (TPSA) is 81.8 Å². The smallest absolute Gasteiger partial charge is 0.321 e. The second kappa shape index (κ2) is 8.02. The van der Waals surface area contributed by atoms with Gasteiger partial charge in [-0.2, -0.15) is 0 Å². The number of benzene rings is 1. The molecule has 1 atom stereocenters. The number of carbonyl (C=O) groups is 3. The minimum absolute atomic E-state index is 0.00417. The first-order valence-electron chi connectivity index (χ1n) is 9.40. The minimum Gasteiger partial charge on any atom is -0.336 e. The van der Waals surface area contributed by atoms with E-state index in [-0.39, 0.29) is 17.8 Å². The molecule has 0 bridgehead atoms. The Morgan fingerprint density at radius 1 is 1.18 bits per heavy atom. The van der Waals surface area contributed by atoms with E-state index in [1.54, 1.807) is 33.3 Å². The van der Waals surface area contributed by atoms with Gasteiger partial charge in [-0.3, -0.25) is 14.5 Å². The van der Waals surface area contributed by atoms with Gasteiger partial charge < -0.3 is 15.5 Å². The van der Waals surface area contributed by atoms with Gasteiger partial charge in [-0.1, -0.05) is 6.07 Å². The van der Waals surface area contributed by atoms with E-state index in [1.165, 1.54) is 0 Å². The van der Waals surface area contributed by atoms with Gasteiger partial charge >= 0.3 is 6.03 Å². The zero-order valence-electron chi connectivity index (χ0n) is 15.4. The molecule has 2 aliphatic heterocycles. The highest BCUT2D eigenvalue weighted by molar-refractivity contribution is 7.10. The molecule has 1 aromatic carbocycles. The second-order valence-corrected chi connectivity index (χ2v) is 7.95. The molecule has 1 unspecified atom stereocenters. The monoisotopic (exact) mass is 398 g/mol. The number of nitrogens with one attached hydrogen (secondary N) is 2. The quantitative estimate of drug-likeness (QED) is 0.812. The second-order valence-electron chi connectivity index (χ2n) is 6.92. The molecular weight excluding hydrogens is 376 g/mol. The summed E-state index contributed by atoms with van der Waals surface area (Å²) in [4.78, 5) is 41.5. The van der Waals surface area contributed by atoms with Crippen molar-refractivity contribution in [1.29, 1.82) is 0 Å². The first-order valence-corrected chi connectivity index (χ1v) is 10.3. The van der Waals surface area contributed by atoms with E-state index in [0.717, 1.165) is 17.0 Å². The lowest BCUT2D eigenvalue weighted by Gasteiger charge is -2.24. The molecule has 8 heteroatoms. The number of amides is 4. The van der Waals surface area contributed by atoms with Crippen molar-refractivity contribution < 1.29 is 14.4 Å². The third-order valence-corrected chi connectivity index (χ3v) is 5.96. The van der Waals surface area contributed by atoms with Crippen molar-refractivity contribution in [3.8, 4) is 0 Å². The van der Waals surface area contributed by atoms with Crippen LogP contribution in [0.4, 0.5) is 16.2 Å². The van der Waals surface area contributed by atoms with Gasteiger partial charge in [0.2, 0.25) is 11.8 Å². The molecule has 0 spiro atoms. The fraction of sp³-hybridized carbons (Fsp3) is 0.350. The standard InChI is InChI=1S/C20H22N4O3S/c25-18(13-16-3-2-12-28-16)24-10-1-4-17(24)19(26)22-14-5-7-15(8-6-14)23-11-9-21-20(23)27/h2-3,5-8,12,17H,1,4,9-11,13H2,(H,21,27)(H,22,26). The maximum absolute atomic E-state index is 12.7. The molecule has 2 fully saturated rings. The van der Waals surface area contributed by atoms with Gasteiger partial charge in [0.25, 0.3) is 0 Å². The van der Waals surface area contributed by atoms with Crippen LogP contribution in [0.15, 0.2) is 41.8 Å². The molecule has 146 valence electrons. The lowest BCUT2D eigenvalue weighted by molar-refractivity contribution is -0.136.